The second-order valence-corrected chi connectivity index (χ2v) is 4.73. The molecule has 0 aliphatic heterocycles. The van der Waals surface area contributed by atoms with Crippen LogP contribution in [-0.2, 0) is 0 Å². The third kappa shape index (κ3) is 2.53. The molecule has 0 unspecified atom stereocenters. The Hall–Kier alpha value is -2.95. The number of nitrogens with zero attached hydrogens (tertiary/aromatic N) is 2. The molecule has 1 aromatic carbocycles. The molecule has 21 heavy (non-hydrogen) atoms. The van der Waals surface area contributed by atoms with E-state index in [-0.39, 0.29) is 11.1 Å². The second kappa shape index (κ2) is 5.20. The third-order valence-electron chi connectivity index (χ3n) is 3.17. The Morgan fingerprint density at radius 2 is 1.90 bits per heavy atom. The molecule has 0 radical (unpaired) electrons. The number of fused-ring (bicyclic) bond motifs is 1. The molecule has 5 nitrogen and oxygen atoms in total. The van der Waals surface area contributed by atoms with Gasteiger partial charge in [0.05, 0.1) is 0 Å². The summed E-state index contributed by atoms with van der Waals surface area (Å²) in [7, 11) is 0. The summed E-state index contributed by atoms with van der Waals surface area (Å²) in [6, 6.07) is 12.6. The van der Waals surface area contributed by atoms with Crippen LogP contribution in [-0.4, -0.2) is 15.3 Å². The van der Waals surface area contributed by atoms with Crippen molar-refractivity contribution in [2.24, 2.45) is 0 Å². The zero-order valence-electron chi connectivity index (χ0n) is 11.4. The maximum absolute atomic E-state index is 12.3. The molecule has 0 fully saturated rings. The summed E-state index contributed by atoms with van der Waals surface area (Å²) >= 11 is 0. The number of hydrogen-bond acceptors (Lipinski definition) is 3. The van der Waals surface area contributed by atoms with Crippen molar-refractivity contribution in [2.75, 3.05) is 5.32 Å². The van der Waals surface area contributed by atoms with Gasteiger partial charge in [0.15, 0.2) is 0 Å². The smallest absolute Gasteiger partial charge is 0.270 e. The van der Waals surface area contributed by atoms with Crippen LogP contribution in [0.15, 0.2) is 59.7 Å². The van der Waals surface area contributed by atoms with Gasteiger partial charge >= 0.3 is 0 Å². The van der Waals surface area contributed by atoms with Crippen molar-refractivity contribution in [1.29, 1.82) is 0 Å². The van der Waals surface area contributed by atoms with Gasteiger partial charge in [-0.1, -0.05) is 23.8 Å². The molecule has 3 rings (SSSR count). The highest BCUT2D eigenvalue weighted by Gasteiger charge is 2.13. The van der Waals surface area contributed by atoms with Crippen LogP contribution in [0, 0.1) is 6.92 Å². The molecule has 104 valence electrons. The molecule has 2 heterocycles. The van der Waals surface area contributed by atoms with Crippen LogP contribution in [0.25, 0.3) is 5.65 Å². The minimum Gasteiger partial charge on any atom is -0.322 e. The number of carbonyl (C=O) groups excluding carboxylic acids is 1. The molecule has 1 N–H and O–H groups in total. The second-order valence-electron chi connectivity index (χ2n) is 4.73. The molecule has 1 amide bonds. The summed E-state index contributed by atoms with van der Waals surface area (Å²) in [6.07, 6.45) is 2.90. The summed E-state index contributed by atoms with van der Waals surface area (Å²) in [5.74, 6) is -0.463. The number of aryl methyl sites for hydroxylation is 1. The van der Waals surface area contributed by atoms with E-state index >= 15 is 0 Å². The van der Waals surface area contributed by atoms with Crippen LogP contribution in [0.3, 0.4) is 0 Å². The minimum absolute atomic E-state index is 0.0132. The number of benzene rings is 1. The van der Waals surface area contributed by atoms with Crippen molar-refractivity contribution in [3.05, 3.63) is 76.3 Å². The van der Waals surface area contributed by atoms with Gasteiger partial charge in [-0.15, -0.1) is 0 Å². The Bertz CT molecular complexity index is 867. The van der Waals surface area contributed by atoms with E-state index in [0.29, 0.717) is 11.3 Å². The third-order valence-corrected chi connectivity index (χ3v) is 3.17. The lowest BCUT2D eigenvalue weighted by Crippen LogP contribution is -2.26. The highest BCUT2D eigenvalue weighted by molar-refractivity contribution is 6.03. The van der Waals surface area contributed by atoms with Gasteiger partial charge in [0.2, 0.25) is 0 Å². The SMILES string of the molecule is Cc1ccc(NC(=O)c2cnc3ccccn3c2=O)cc1. The quantitative estimate of drug-likeness (QED) is 0.782. The van der Waals surface area contributed by atoms with Crippen molar-refractivity contribution in [1.82, 2.24) is 9.38 Å². The van der Waals surface area contributed by atoms with Crippen LogP contribution in [0.2, 0.25) is 0 Å². The van der Waals surface area contributed by atoms with Crippen LogP contribution in [0.4, 0.5) is 5.69 Å². The molecule has 0 saturated heterocycles. The van der Waals surface area contributed by atoms with Crippen LogP contribution in [0.1, 0.15) is 15.9 Å². The lowest BCUT2D eigenvalue weighted by Gasteiger charge is -2.06. The van der Waals surface area contributed by atoms with Crippen LogP contribution >= 0.6 is 0 Å². The Labute approximate surface area is 120 Å². The largest absolute Gasteiger partial charge is 0.322 e. The lowest BCUT2D eigenvalue weighted by atomic mass is 10.2. The average Bonchev–Trinajstić information content (AvgIpc) is 2.50. The summed E-state index contributed by atoms with van der Waals surface area (Å²) in [5.41, 5.74) is 1.88. The number of pyridine rings is 1. The fourth-order valence-corrected chi connectivity index (χ4v) is 2.02. The standard InChI is InChI=1S/C16H13N3O2/c1-11-5-7-12(8-6-11)18-15(20)13-10-17-14-4-2-3-9-19(14)16(13)21/h2-10H,1H3,(H,18,20). The molecular weight excluding hydrogens is 266 g/mol. The number of rotatable bonds is 2. The Balaban J connectivity index is 1.96. The first-order chi connectivity index (χ1) is 10.1. The number of aromatic nitrogens is 2. The van der Waals surface area contributed by atoms with Crippen LogP contribution < -0.4 is 10.9 Å². The topological polar surface area (TPSA) is 63.5 Å². The highest BCUT2D eigenvalue weighted by atomic mass is 16.2. The van der Waals surface area contributed by atoms with Crippen molar-refractivity contribution in [3.8, 4) is 0 Å². The number of nitrogens with one attached hydrogen (secondary N) is 1. The van der Waals surface area contributed by atoms with Gasteiger partial charge in [-0.05, 0) is 31.2 Å². The molecule has 3 aromatic rings. The summed E-state index contributed by atoms with van der Waals surface area (Å²) in [6.45, 7) is 1.96. The number of anilines is 1. The maximum Gasteiger partial charge on any atom is 0.270 e. The Kier molecular flexibility index (Phi) is 3.23. The van der Waals surface area contributed by atoms with Gasteiger partial charge in [0.1, 0.15) is 11.2 Å². The normalized spacial score (nSPS) is 10.5. The van der Waals surface area contributed by atoms with Gasteiger partial charge in [0.25, 0.3) is 11.5 Å². The van der Waals surface area contributed by atoms with Gasteiger partial charge in [-0.2, -0.15) is 0 Å². The fraction of sp³-hybridized carbons (Fsp3) is 0.0625. The first-order valence-corrected chi connectivity index (χ1v) is 6.49. The molecule has 0 spiro atoms. The van der Waals surface area contributed by atoms with Crippen molar-refractivity contribution >= 4 is 17.2 Å². The number of amides is 1. The molecule has 5 heteroatoms. The van der Waals surface area contributed by atoms with Crippen molar-refractivity contribution in [3.63, 3.8) is 0 Å². The molecule has 0 bridgehead atoms. The maximum atomic E-state index is 12.3. The predicted molar refractivity (Wildman–Crippen MR) is 80.6 cm³/mol. The average molecular weight is 279 g/mol. The molecule has 0 atom stereocenters. The molecule has 0 aliphatic rings. The molecule has 0 saturated carbocycles. The van der Waals surface area contributed by atoms with Crippen molar-refractivity contribution in [2.45, 2.75) is 6.92 Å². The van der Waals surface area contributed by atoms with Crippen LogP contribution in [0.5, 0.6) is 0 Å². The summed E-state index contributed by atoms with van der Waals surface area (Å²) in [4.78, 5) is 28.6. The van der Waals surface area contributed by atoms with E-state index in [2.05, 4.69) is 10.3 Å². The molecule has 0 aliphatic carbocycles. The van der Waals surface area contributed by atoms with E-state index in [4.69, 9.17) is 0 Å². The Morgan fingerprint density at radius 3 is 2.67 bits per heavy atom. The number of hydrogen-bond donors (Lipinski definition) is 1. The Morgan fingerprint density at radius 1 is 1.14 bits per heavy atom. The van der Waals surface area contributed by atoms with E-state index in [1.54, 1.807) is 36.5 Å². The zero-order chi connectivity index (χ0) is 14.8. The van der Waals surface area contributed by atoms with E-state index in [0.717, 1.165) is 5.56 Å². The van der Waals surface area contributed by atoms with E-state index in [1.165, 1.54) is 10.6 Å². The van der Waals surface area contributed by atoms with E-state index in [1.807, 2.05) is 19.1 Å². The monoisotopic (exact) mass is 279 g/mol. The van der Waals surface area contributed by atoms with Gasteiger partial charge in [-0.3, -0.25) is 14.0 Å². The van der Waals surface area contributed by atoms with Crippen molar-refractivity contribution < 1.29 is 4.79 Å². The first kappa shape index (κ1) is 13.1. The predicted octanol–water partition coefficient (Wildman–Crippen LogP) is 2.26. The first-order valence-electron chi connectivity index (χ1n) is 6.49. The van der Waals surface area contributed by atoms with E-state index in [9.17, 15) is 9.59 Å². The zero-order valence-corrected chi connectivity index (χ0v) is 11.4. The number of carbonyl (C=O) groups is 1. The summed E-state index contributed by atoms with van der Waals surface area (Å²) < 4.78 is 1.35. The molecular formula is C16H13N3O2. The van der Waals surface area contributed by atoms with Gasteiger partial charge in [-0.25, -0.2) is 4.98 Å². The van der Waals surface area contributed by atoms with Gasteiger partial charge < -0.3 is 5.32 Å². The minimum atomic E-state index is -0.463. The fourth-order valence-electron chi connectivity index (χ4n) is 2.02. The highest BCUT2D eigenvalue weighted by Crippen LogP contribution is 2.09. The van der Waals surface area contributed by atoms with Gasteiger partial charge in [0, 0.05) is 18.1 Å². The summed E-state index contributed by atoms with van der Waals surface area (Å²) in [5, 5.41) is 2.70. The lowest BCUT2D eigenvalue weighted by molar-refractivity contribution is 0.102. The molecule has 2 aromatic heterocycles. The van der Waals surface area contributed by atoms with E-state index < -0.39 is 5.91 Å².